The highest BCUT2D eigenvalue weighted by Crippen LogP contribution is 2.38. The number of hydrogen-bond acceptors (Lipinski definition) is 8. The van der Waals surface area contributed by atoms with E-state index in [4.69, 9.17) is 15.1 Å². The molecule has 11 heteroatoms. The molecule has 142 valence electrons. The molecule has 2 aliphatic rings. The van der Waals surface area contributed by atoms with Crippen molar-refractivity contribution < 1.29 is 34.1 Å². The smallest absolute Gasteiger partial charge is 0.430 e. The van der Waals surface area contributed by atoms with Gasteiger partial charge in [0.05, 0.1) is 24.9 Å². The van der Waals surface area contributed by atoms with Crippen LogP contribution in [0.2, 0.25) is 6.32 Å². The van der Waals surface area contributed by atoms with Crippen LogP contribution < -0.4 is 15.1 Å². The number of amides is 1. The summed E-state index contributed by atoms with van der Waals surface area (Å²) in [6.07, 6.45) is -0.0996. The van der Waals surface area contributed by atoms with Gasteiger partial charge in [-0.1, -0.05) is 12.4 Å². The van der Waals surface area contributed by atoms with E-state index in [1.807, 2.05) is 0 Å². The van der Waals surface area contributed by atoms with Gasteiger partial charge < -0.3 is 35.2 Å². The molecule has 0 spiro atoms. The second kappa shape index (κ2) is 6.99. The maximum absolute atomic E-state index is 11.9. The van der Waals surface area contributed by atoms with Gasteiger partial charge in [0.2, 0.25) is 5.91 Å². The standard InChI is InChI=1S/C15H20BN2O7S/c17-10(7-26)14(19)18-5-9(6-18)24-11-2-1-8-3-4-16(22,23)25-13(8)12(11)15(20)21/h1-2,9-10,22-23,26H,3-7,17H2,(H,20,21)/q-1/t10-/m1/s1. The van der Waals surface area contributed by atoms with Crippen LogP contribution in [0.15, 0.2) is 12.1 Å². The van der Waals surface area contributed by atoms with Crippen LogP contribution in [-0.2, 0) is 11.2 Å². The number of aromatic carboxylic acids is 1. The van der Waals surface area contributed by atoms with E-state index in [2.05, 4.69) is 12.6 Å². The molecular weight excluding hydrogens is 363 g/mol. The van der Waals surface area contributed by atoms with Crippen molar-refractivity contribution in [3.63, 3.8) is 0 Å². The first kappa shape index (κ1) is 18.8. The Balaban J connectivity index is 1.76. The summed E-state index contributed by atoms with van der Waals surface area (Å²) in [6.45, 7) is -2.52. The first-order chi connectivity index (χ1) is 12.2. The number of rotatable bonds is 5. The number of aryl methyl sites for hydroxylation is 1. The van der Waals surface area contributed by atoms with Gasteiger partial charge >= 0.3 is 12.7 Å². The lowest BCUT2D eigenvalue weighted by atomic mass is 9.70. The van der Waals surface area contributed by atoms with Crippen molar-refractivity contribution in [2.45, 2.75) is 24.9 Å². The third-order valence-corrected chi connectivity index (χ3v) is 4.87. The van der Waals surface area contributed by atoms with E-state index in [1.54, 1.807) is 6.07 Å². The molecule has 0 aliphatic carbocycles. The number of carboxylic acids is 1. The van der Waals surface area contributed by atoms with Crippen molar-refractivity contribution >= 4 is 31.3 Å². The lowest BCUT2D eigenvalue weighted by Crippen LogP contribution is -2.60. The highest BCUT2D eigenvalue weighted by molar-refractivity contribution is 7.80. The number of nitrogens with zero attached hydrogens (tertiary/aromatic N) is 1. The zero-order valence-electron chi connectivity index (χ0n) is 13.9. The van der Waals surface area contributed by atoms with Crippen LogP contribution in [0.1, 0.15) is 15.9 Å². The van der Waals surface area contributed by atoms with Crippen molar-refractivity contribution in [1.82, 2.24) is 4.90 Å². The van der Waals surface area contributed by atoms with E-state index in [0.29, 0.717) is 5.56 Å². The Morgan fingerprint density at radius 2 is 2.12 bits per heavy atom. The molecule has 3 rings (SSSR count). The molecular formula is C15H20BN2O7S-. The minimum absolute atomic E-state index is 0.00262. The fraction of sp³-hybridized carbons (Fsp3) is 0.467. The normalized spacial score (nSPS) is 19.8. The molecule has 0 radical (unpaired) electrons. The Morgan fingerprint density at radius 3 is 2.73 bits per heavy atom. The summed E-state index contributed by atoms with van der Waals surface area (Å²) < 4.78 is 10.8. The first-order valence-corrected chi connectivity index (χ1v) is 8.85. The zero-order valence-corrected chi connectivity index (χ0v) is 14.8. The molecule has 1 saturated heterocycles. The van der Waals surface area contributed by atoms with E-state index in [9.17, 15) is 24.7 Å². The number of nitrogens with two attached hydrogens (primary N) is 1. The average molecular weight is 383 g/mol. The van der Waals surface area contributed by atoms with E-state index < -0.39 is 18.8 Å². The lowest BCUT2D eigenvalue weighted by molar-refractivity contribution is -0.140. The molecule has 0 unspecified atom stereocenters. The van der Waals surface area contributed by atoms with Gasteiger partial charge in [-0.2, -0.15) is 12.6 Å². The SMILES string of the molecule is N[C@H](CS)C(=O)N1CC(Oc2ccc3c(c2C(=O)O)O[B-](O)(O)CC3)C1. The molecule has 0 aromatic heterocycles. The summed E-state index contributed by atoms with van der Waals surface area (Å²) >= 11 is 3.99. The van der Waals surface area contributed by atoms with Gasteiger partial charge in [-0.25, -0.2) is 4.79 Å². The number of fused-ring (bicyclic) bond motifs is 1. The van der Waals surface area contributed by atoms with Gasteiger partial charge in [-0.3, -0.25) is 4.79 Å². The number of carboxylic acid groups (broad SMARTS) is 1. The monoisotopic (exact) mass is 383 g/mol. The molecule has 1 amide bonds. The summed E-state index contributed by atoms with van der Waals surface area (Å²) in [7, 11) is 0. The molecule has 5 N–H and O–H groups in total. The second-order valence-corrected chi connectivity index (χ2v) is 6.88. The average Bonchev–Trinajstić information content (AvgIpc) is 2.54. The van der Waals surface area contributed by atoms with E-state index in [-0.39, 0.29) is 60.7 Å². The Hall–Kier alpha value is -1.95. The van der Waals surface area contributed by atoms with Crippen LogP contribution in [0.5, 0.6) is 11.5 Å². The summed E-state index contributed by atoms with van der Waals surface area (Å²) in [5, 5.41) is 29.0. The van der Waals surface area contributed by atoms with Crippen LogP contribution in [0.3, 0.4) is 0 Å². The fourth-order valence-electron chi connectivity index (χ4n) is 3.02. The Kier molecular flexibility index (Phi) is 5.06. The fourth-order valence-corrected chi connectivity index (χ4v) is 3.17. The topological polar surface area (TPSA) is 143 Å². The van der Waals surface area contributed by atoms with Crippen molar-refractivity contribution in [2.24, 2.45) is 5.73 Å². The van der Waals surface area contributed by atoms with Gasteiger partial charge in [0.25, 0.3) is 0 Å². The third-order valence-electron chi connectivity index (χ3n) is 4.48. The van der Waals surface area contributed by atoms with Crippen LogP contribution >= 0.6 is 12.6 Å². The van der Waals surface area contributed by atoms with Gasteiger partial charge in [0.1, 0.15) is 17.4 Å². The quantitative estimate of drug-likeness (QED) is 0.325. The number of carbonyl (C=O) groups excluding carboxylic acids is 1. The summed E-state index contributed by atoms with van der Waals surface area (Å²) in [4.78, 5) is 25.1. The van der Waals surface area contributed by atoms with E-state index in [0.717, 1.165) is 0 Å². The van der Waals surface area contributed by atoms with E-state index in [1.165, 1.54) is 11.0 Å². The van der Waals surface area contributed by atoms with Crippen molar-refractivity contribution in [2.75, 3.05) is 18.8 Å². The van der Waals surface area contributed by atoms with Gasteiger partial charge in [0, 0.05) is 5.75 Å². The van der Waals surface area contributed by atoms with Crippen molar-refractivity contribution in [3.05, 3.63) is 23.3 Å². The Labute approximate surface area is 155 Å². The number of benzene rings is 1. The molecule has 0 bridgehead atoms. The summed E-state index contributed by atoms with van der Waals surface area (Å²) in [5.41, 5.74) is 5.96. The lowest BCUT2D eigenvalue weighted by Gasteiger charge is -2.41. The first-order valence-electron chi connectivity index (χ1n) is 8.22. The van der Waals surface area contributed by atoms with Crippen LogP contribution in [0, 0.1) is 0 Å². The van der Waals surface area contributed by atoms with Crippen LogP contribution in [0.4, 0.5) is 0 Å². The van der Waals surface area contributed by atoms with Gasteiger partial charge in [-0.15, -0.1) is 0 Å². The maximum atomic E-state index is 11.9. The minimum atomic E-state index is -3.09. The molecule has 1 atom stereocenters. The molecule has 2 aliphatic heterocycles. The number of thiol groups is 1. The molecule has 1 aromatic rings. The molecule has 26 heavy (non-hydrogen) atoms. The molecule has 2 heterocycles. The summed E-state index contributed by atoms with van der Waals surface area (Å²) in [5.74, 6) is -1.33. The maximum Gasteiger partial charge on any atom is 0.430 e. The number of hydrogen-bond donors (Lipinski definition) is 5. The number of ether oxygens (including phenoxy) is 1. The van der Waals surface area contributed by atoms with E-state index >= 15 is 0 Å². The largest absolute Gasteiger partial charge is 0.669 e. The van der Waals surface area contributed by atoms with Crippen molar-refractivity contribution in [3.8, 4) is 11.5 Å². The van der Waals surface area contributed by atoms with Crippen molar-refractivity contribution in [1.29, 1.82) is 0 Å². The second-order valence-electron chi connectivity index (χ2n) is 6.52. The highest BCUT2D eigenvalue weighted by atomic mass is 32.1. The third kappa shape index (κ3) is 3.61. The highest BCUT2D eigenvalue weighted by Gasteiger charge is 2.37. The molecule has 9 nitrogen and oxygen atoms in total. The molecule has 1 aromatic carbocycles. The molecule has 1 fully saturated rings. The zero-order chi connectivity index (χ0) is 19.1. The van der Waals surface area contributed by atoms with Gasteiger partial charge in [-0.05, 0) is 18.1 Å². The Morgan fingerprint density at radius 1 is 1.42 bits per heavy atom. The molecule has 0 saturated carbocycles. The predicted octanol–water partition coefficient (Wildman–Crippen LogP) is -0.910. The Bertz CT molecular complexity index is 739. The minimum Gasteiger partial charge on any atom is -0.669 e. The number of carbonyl (C=O) groups is 2. The predicted molar refractivity (Wildman–Crippen MR) is 95.6 cm³/mol. The number of likely N-dealkylation sites (tertiary alicyclic amines) is 1. The summed E-state index contributed by atoms with van der Waals surface area (Å²) in [6, 6.07) is 2.47. The van der Waals surface area contributed by atoms with Crippen LogP contribution in [0.25, 0.3) is 0 Å². The van der Waals surface area contributed by atoms with Crippen LogP contribution in [-0.4, -0.2) is 69.7 Å². The van der Waals surface area contributed by atoms with Gasteiger partial charge in [0.15, 0.2) is 0 Å².